The molecule has 2 aliphatic rings. The Morgan fingerprint density at radius 1 is 1.16 bits per heavy atom. The van der Waals surface area contributed by atoms with Crippen LogP contribution in [0, 0.1) is 0 Å². The predicted octanol–water partition coefficient (Wildman–Crippen LogP) is 0.965. The molecule has 5 nitrogen and oxygen atoms in total. The van der Waals surface area contributed by atoms with Gasteiger partial charge in [-0.1, -0.05) is 0 Å². The van der Waals surface area contributed by atoms with Crippen molar-refractivity contribution in [3.8, 4) is 0 Å². The highest BCUT2D eigenvalue weighted by Gasteiger charge is 2.26. The molecule has 2 fully saturated rings. The van der Waals surface area contributed by atoms with E-state index in [4.69, 9.17) is 10.5 Å². The zero-order valence-corrected chi connectivity index (χ0v) is 11.3. The largest absolute Gasteiger partial charge is 0.382 e. The Hall–Kier alpha value is -1.33. The van der Waals surface area contributed by atoms with Gasteiger partial charge < -0.3 is 15.4 Å². The normalized spacial score (nSPS) is 22.6. The topological polar surface area (TPSA) is 54.6 Å². The highest BCUT2D eigenvalue weighted by Crippen LogP contribution is 2.26. The lowest BCUT2D eigenvalue weighted by Crippen LogP contribution is -2.49. The molecule has 0 aromatic carbocycles. The van der Waals surface area contributed by atoms with E-state index in [-0.39, 0.29) is 0 Å². The summed E-state index contributed by atoms with van der Waals surface area (Å²) >= 11 is 0. The zero-order chi connectivity index (χ0) is 13.1. The van der Waals surface area contributed by atoms with E-state index in [1.54, 1.807) is 6.20 Å². The van der Waals surface area contributed by atoms with E-state index in [9.17, 15) is 0 Å². The van der Waals surface area contributed by atoms with Crippen molar-refractivity contribution in [2.75, 3.05) is 50.0 Å². The Morgan fingerprint density at radius 3 is 2.58 bits per heavy atom. The Kier molecular flexibility index (Phi) is 3.84. The van der Waals surface area contributed by atoms with Gasteiger partial charge >= 0.3 is 0 Å². The standard InChI is InChI=1S/C14H22N4O/c15-14-13(2-1-5-16-14)18-6-3-12(4-7-18)17-8-10-19-11-9-17/h1-2,5,12H,3-4,6-11H2,(H2,15,16). The zero-order valence-electron chi connectivity index (χ0n) is 11.3. The average molecular weight is 262 g/mol. The van der Waals surface area contributed by atoms with Gasteiger partial charge in [0.2, 0.25) is 0 Å². The van der Waals surface area contributed by atoms with E-state index >= 15 is 0 Å². The van der Waals surface area contributed by atoms with Crippen molar-refractivity contribution in [3.05, 3.63) is 18.3 Å². The molecule has 2 saturated heterocycles. The lowest BCUT2D eigenvalue weighted by atomic mass is 10.0. The van der Waals surface area contributed by atoms with Crippen molar-refractivity contribution in [1.82, 2.24) is 9.88 Å². The molecule has 104 valence electrons. The molecule has 1 aromatic rings. The van der Waals surface area contributed by atoms with Crippen LogP contribution in [0.2, 0.25) is 0 Å². The molecule has 3 rings (SSSR count). The van der Waals surface area contributed by atoms with E-state index in [1.165, 1.54) is 12.8 Å². The van der Waals surface area contributed by atoms with Crippen LogP contribution in [0.4, 0.5) is 11.5 Å². The monoisotopic (exact) mass is 262 g/mol. The lowest BCUT2D eigenvalue weighted by Gasteiger charge is -2.40. The fourth-order valence-electron chi connectivity index (χ4n) is 3.09. The summed E-state index contributed by atoms with van der Waals surface area (Å²) in [7, 11) is 0. The molecule has 0 amide bonds. The van der Waals surface area contributed by atoms with Crippen LogP contribution in [0.25, 0.3) is 0 Å². The third-order valence-corrected chi connectivity index (χ3v) is 4.18. The SMILES string of the molecule is Nc1ncccc1N1CCC(N2CCOCC2)CC1. The number of pyridine rings is 1. The summed E-state index contributed by atoms with van der Waals surface area (Å²) < 4.78 is 5.42. The Balaban J connectivity index is 1.58. The van der Waals surface area contributed by atoms with Crippen LogP contribution in [-0.2, 0) is 4.74 Å². The minimum atomic E-state index is 0.646. The van der Waals surface area contributed by atoms with Gasteiger partial charge in [0.15, 0.2) is 0 Å². The highest BCUT2D eigenvalue weighted by molar-refractivity contribution is 5.63. The number of nitrogen functional groups attached to an aromatic ring is 1. The smallest absolute Gasteiger partial charge is 0.146 e. The Morgan fingerprint density at radius 2 is 1.89 bits per heavy atom. The van der Waals surface area contributed by atoms with E-state index < -0.39 is 0 Å². The molecule has 0 spiro atoms. The van der Waals surface area contributed by atoms with Gasteiger partial charge in [0.1, 0.15) is 5.82 Å². The van der Waals surface area contributed by atoms with Crippen molar-refractivity contribution in [2.24, 2.45) is 0 Å². The van der Waals surface area contributed by atoms with Crippen molar-refractivity contribution in [3.63, 3.8) is 0 Å². The summed E-state index contributed by atoms with van der Waals surface area (Å²) in [5.74, 6) is 0.646. The molecule has 0 aliphatic carbocycles. The lowest BCUT2D eigenvalue weighted by molar-refractivity contribution is 0.0115. The van der Waals surface area contributed by atoms with E-state index in [0.717, 1.165) is 45.1 Å². The van der Waals surface area contributed by atoms with Gasteiger partial charge in [-0.3, -0.25) is 4.90 Å². The fourth-order valence-corrected chi connectivity index (χ4v) is 3.09. The number of aromatic nitrogens is 1. The summed E-state index contributed by atoms with van der Waals surface area (Å²) in [5.41, 5.74) is 7.04. The molecule has 2 aliphatic heterocycles. The number of nitrogens with zero attached hydrogens (tertiary/aromatic N) is 3. The summed E-state index contributed by atoms with van der Waals surface area (Å²) in [6.45, 7) is 6.07. The first-order valence-electron chi connectivity index (χ1n) is 7.12. The third-order valence-electron chi connectivity index (χ3n) is 4.18. The van der Waals surface area contributed by atoms with Crippen LogP contribution in [0.15, 0.2) is 18.3 Å². The molecule has 0 saturated carbocycles. The first-order valence-corrected chi connectivity index (χ1v) is 7.12. The molecular weight excluding hydrogens is 240 g/mol. The minimum Gasteiger partial charge on any atom is -0.382 e. The molecule has 1 aromatic heterocycles. The van der Waals surface area contributed by atoms with Crippen LogP contribution in [-0.4, -0.2) is 55.3 Å². The number of hydrogen-bond acceptors (Lipinski definition) is 5. The average Bonchev–Trinajstić information content (AvgIpc) is 2.49. The summed E-state index contributed by atoms with van der Waals surface area (Å²) in [5, 5.41) is 0. The molecule has 5 heteroatoms. The maximum atomic E-state index is 5.95. The maximum Gasteiger partial charge on any atom is 0.146 e. The number of morpholine rings is 1. The summed E-state index contributed by atoms with van der Waals surface area (Å²) in [6, 6.07) is 4.73. The Labute approximate surface area is 114 Å². The van der Waals surface area contributed by atoms with Crippen molar-refractivity contribution >= 4 is 11.5 Å². The predicted molar refractivity (Wildman–Crippen MR) is 76.3 cm³/mol. The molecule has 0 radical (unpaired) electrons. The van der Waals surface area contributed by atoms with E-state index in [1.807, 2.05) is 6.07 Å². The van der Waals surface area contributed by atoms with Gasteiger partial charge in [-0.2, -0.15) is 0 Å². The first-order chi connectivity index (χ1) is 9.34. The van der Waals surface area contributed by atoms with Gasteiger partial charge in [0.25, 0.3) is 0 Å². The molecule has 2 N–H and O–H groups in total. The molecule has 3 heterocycles. The van der Waals surface area contributed by atoms with Crippen LogP contribution < -0.4 is 10.6 Å². The number of ether oxygens (including phenoxy) is 1. The molecule has 0 bridgehead atoms. The van der Waals surface area contributed by atoms with E-state index in [2.05, 4.69) is 20.9 Å². The highest BCUT2D eigenvalue weighted by atomic mass is 16.5. The number of hydrogen-bond donors (Lipinski definition) is 1. The third kappa shape index (κ3) is 2.82. The minimum absolute atomic E-state index is 0.646. The quantitative estimate of drug-likeness (QED) is 0.860. The maximum absolute atomic E-state index is 5.95. The van der Waals surface area contributed by atoms with Gasteiger partial charge in [0, 0.05) is 38.4 Å². The molecule has 0 unspecified atom stereocenters. The summed E-state index contributed by atoms with van der Waals surface area (Å²) in [6.07, 6.45) is 4.15. The van der Waals surface area contributed by atoms with Crippen LogP contribution in [0.3, 0.4) is 0 Å². The molecule has 0 atom stereocenters. The second kappa shape index (κ2) is 5.75. The van der Waals surface area contributed by atoms with Crippen LogP contribution in [0.5, 0.6) is 0 Å². The van der Waals surface area contributed by atoms with Gasteiger partial charge in [0.05, 0.1) is 18.9 Å². The Bertz CT molecular complexity index is 412. The number of anilines is 2. The van der Waals surface area contributed by atoms with Gasteiger partial charge in [-0.15, -0.1) is 0 Å². The first kappa shape index (κ1) is 12.7. The van der Waals surface area contributed by atoms with Crippen molar-refractivity contribution in [2.45, 2.75) is 18.9 Å². The van der Waals surface area contributed by atoms with Crippen LogP contribution in [0.1, 0.15) is 12.8 Å². The van der Waals surface area contributed by atoms with Gasteiger partial charge in [-0.05, 0) is 25.0 Å². The molecule has 19 heavy (non-hydrogen) atoms. The van der Waals surface area contributed by atoms with Crippen molar-refractivity contribution < 1.29 is 4.74 Å². The molecular formula is C14H22N4O. The summed E-state index contributed by atoms with van der Waals surface area (Å²) in [4.78, 5) is 9.11. The second-order valence-electron chi connectivity index (χ2n) is 5.27. The van der Waals surface area contributed by atoms with Crippen LogP contribution >= 0.6 is 0 Å². The number of piperidine rings is 1. The fraction of sp³-hybridized carbons (Fsp3) is 0.643. The number of rotatable bonds is 2. The number of nitrogens with two attached hydrogens (primary N) is 1. The van der Waals surface area contributed by atoms with Gasteiger partial charge in [-0.25, -0.2) is 4.98 Å². The van der Waals surface area contributed by atoms with Crippen molar-refractivity contribution in [1.29, 1.82) is 0 Å². The second-order valence-corrected chi connectivity index (χ2v) is 5.27. The van der Waals surface area contributed by atoms with E-state index in [0.29, 0.717) is 11.9 Å².